The number of halogens is 4. The van der Waals surface area contributed by atoms with Gasteiger partial charge in [-0.25, -0.2) is 14.6 Å². The zero-order chi connectivity index (χ0) is 37.7. The molecule has 20 heteroatoms. The summed E-state index contributed by atoms with van der Waals surface area (Å²) in [6.07, 6.45) is -1.01. The van der Waals surface area contributed by atoms with Crippen LogP contribution in [0.15, 0.2) is 48.9 Å². The first-order valence-electron chi connectivity index (χ1n) is 15.8. The van der Waals surface area contributed by atoms with Crippen molar-refractivity contribution in [3.05, 3.63) is 71.0 Å². The number of imidazole rings is 1. The van der Waals surface area contributed by atoms with E-state index >= 15 is 0 Å². The quantitative estimate of drug-likeness (QED) is 0.202. The molecular weight excluding hydrogens is 713 g/mol. The van der Waals surface area contributed by atoms with Gasteiger partial charge in [-0.15, -0.1) is 0 Å². The van der Waals surface area contributed by atoms with Crippen molar-refractivity contribution in [2.75, 3.05) is 56.9 Å². The van der Waals surface area contributed by atoms with Crippen molar-refractivity contribution in [2.45, 2.75) is 18.7 Å². The number of aliphatic hydroxyl groups excluding tert-OH is 1. The Kier molecular flexibility index (Phi) is 11.5. The Balaban J connectivity index is 0.00000168. The summed E-state index contributed by atoms with van der Waals surface area (Å²) in [6, 6.07) is 7.25. The van der Waals surface area contributed by atoms with Gasteiger partial charge >= 0.3 is 6.18 Å². The second kappa shape index (κ2) is 15.8. The van der Waals surface area contributed by atoms with Crippen molar-refractivity contribution in [3.8, 4) is 17.1 Å². The van der Waals surface area contributed by atoms with Gasteiger partial charge in [-0.3, -0.25) is 24.1 Å². The number of carbonyl (C=O) groups excluding carboxylic acids is 3. The average Bonchev–Trinajstić information content (AvgIpc) is 3.83. The summed E-state index contributed by atoms with van der Waals surface area (Å²) in [7, 11) is 1.40. The maximum atomic E-state index is 14.0. The predicted octanol–water partition coefficient (Wildman–Crippen LogP) is 2.23. The average molecular weight is 747 g/mol. The lowest BCUT2D eigenvalue weighted by Gasteiger charge is -2.35. The molecule has 5 heterocycles. The van der Waals surface area contributed by atoms with E-state index in [4.69, 9.17) is 27.2 Å². The van der Waals surface area contributed by atoms with Crippen LogP contribution in [0.25, 0.3) is 17.1 Å². The third-order valence-electron chi connectivity index (χ3n) is 8.44. The number of nitrogen functional groups attached to an aromatic ring is 1. The lowest BCUT2D eigenvalue weighted by molar-refractivity contribution is -0.141. The number of carboxylic acid groups (broad SMARTS) is 1. The highest BCUT2D eigenvalue weighted by Gasteiger charge is 2.39. The lowest BCUT2D eigenvalue weighted by atomic mass is 10.1. The Bertz CT molecular complexity index is 1940. The zero-order valence-electron chi connectivity index (χ0n) is 27.6. The van der Waals surface area contributed by atoms with Gasteiger partial charge in [0, 0.05) is 58.2 Å². The van der Waals surface area contributed by atoms with Gasteiger partial charge in [0.05, 0.1) is 52.6 Å². The molecule has 276 valence electrons. The summed E-state index contributed by atoms with van der Waals surface area (Å²) in [5.41, 5.74) is 4.88. The van der Waals surface area contributed by atoms with E-state index in [1.54, 1.807) is 9.80 Å². The number of β-amino-alcohol motifs (C(OH)–C–C–N with tert-alkyl or cyclic N) is 1. The minimum absolute atomic E-state index is 0.0187. The van der Waals surface area contributed by atoms with Crippen LogP contribution in [0.1, 0.15) is 33.1 Å². The monoisotopic (exact) mass is 746 g/mol. The number of aromatic nitrogens is 5. The van der Waals surface area contributed by atoms with Crippen LogP contribution in [-0.2, 0) is 22.8 Å². The van der Waals surface area contributed by atoms with Gasteiger partial charge in [-0.05, 0) is 36.8 Å². The van der Waals surface area contributed by atoms with E-state index in [0.29, 0.717) is 51.4 Å². The fourth-order valence-electron chi connectivity index (χ4n) is 5.82. The normalized spacial score (nSPS) is 16.3. The molecule has 1 atom stereocenters. The number of hydrogen-bond acceptors (Lipinski definition) is 10. The first-order chi connectivity index (χ1) is 24.7. The SMILES string of the molecule is Cn1c(-c2cn(-c3ccc(N)cn3)nc2C(F)(F)F)cnc1C(=O)Nc1ccc(C(=O)N2CCN(C(=O)CN3CCC(O)C3)CC2)c(Cl)c1.O=CO. The molecule has 1 unspecified atom stereocenters. The van der Waals surface area contributed by atoms with Crippen LogP contribution in [0, 0.1) is 0 Å². The molecular formula is C32H34ClF3N10O6. The summed E-state index contributed by atoms with van der Waals surface area (Å²) < 4.78 is 44.2. The van der Waals surface area contributed by atoms with E-state index in [0.717, 1.165) is 17.1 Å². The van der Waals surface area contributed by atoms with Crippen LogP contribution >= 0.6 is 11.6 Å². The largest absolute Gasteiger partial charge is 0.483 e. The van der Waals surface area contributed by atoms with Gasteiger partial charge in [0.1, 0.15) is 0 Å². The van der Waals surface area contributed by atoms with E-state index in [1.165, 1.54) is 48.1 Å². The van der Waals surface area contributed by atoms with Crippen LogP contribution in [0.3, 0.4) is 0 Å². The van der Waals surface area contributed by atoms with Crippen LogP contribution in [0.5, 0.6) is 0 Å². The van der Waals surface area contributed by atoms with Crippen molar-refractivity contribution in [2.24, 2.45) is 7.05 Å². The van der Waals surface area contributed by atoms with Crippen molar-refractivity contribution in [1.29, 1.82) is 0 Å². The predicted molar refractivity (Wildman–Crippen MR) is 181 cm³/mol. The lowest BCUT2D eigenvalue weighted by Crippen LogP contribution is -2.52. The summed E-state index contributed by atoms with van der Waals surface area (Å²) in [4.78, 5) is 60.8. The number of hydrogen-bond donors (Lipinski definition) is 4. The van der Waals surface area contributed by atoms with E-state index in [-0.39, 0.29) is 64.0 Å². The van der Waals surface area contributed by atoms with E-state index in [1.807, 2.05) is 4.90 Å². The molecule has 4 aromatic rings. The van der Waals surface area contributed by atoms with Crippen molar-refractivity contribution < 1.29 is 42.6 Å². The Morgan fingerprint density at radius 2 is 1.75 bits per heavy atom. The second-order valence-electron chi connectivity index (χ2n) is 11.9. The topological polar surface area (TPSA) is 205 Å². The number of benzene rings is 1. The molecule has 3 aromatic heterocycles. The first-order valence-corrected chi connectivity index (χ1v) is 16.1. The highest BCUT2D eigenvalue weighted by Crippen LogP contribution is 2.37. The van der Waals surface area contributed by atoms with Gasteiger partial charge in [0.2, 0.25) is 5.91 Å². The fourth-order valence-corrected chi connectivity index (χ4v) is 6.08. The summed E-state index contributed by atoms with van der Waals surface area (Å²) in [6.45, 7) is 2.47. The fraction of sp³-hybridized carbons (Fsp3) is 0.344. The van der Waals surface area contributed by atoms with E-state index < -0.39 is 23.9 Å². The highest BCUT2D eigenvalue weighted by atomic mass is 35.5. The Morgan fingerprint density at radius 3 is 2.35 bits per heavy atom. The maximum Gasteiger partial charge on any atom is 0.435 e. The number of pyridine rings is 1. The van der Waals surface area contributed by atoms with E-state index in [9.17, 15) is 32.7 Å². The molecule has 16 nitrogen and oxygen atoms in total. The van der Waals surface area contributed by atoms with Gasteiger partial charge in [0.15, 0.2) is 17.3 Å². The molecule has 52 heavy (non-hydrogen) atoms. The van der Waals surface area contributed by atoms with Gasteiger partial charge in [0.25, 0.3) is 18.3 Å². The smallest absolute Gasteiger partial charge is 0.435 e. The van der Waals surface area contributed by atoms with Gasteiger partial charge in [-0.1, -0.05) is 11.6 Å². The number of piperazine rings is 1. The highest BCUT2D eigenvalue weighted by molar-refractivity contribution is 6.34. The van der Waals surface area contributed by atoms with Crippen LogP contribution in [-0.4, -0.2) is 125 Å². The third kappa shape index (κ3) is 8.49. The zero-order valence-corrected chi connectivity index (χ0v) is 28.4. The Hall–Kier alpha value is -5.53. The van der Waals surface area contributed by atoms with Crippen molar-refractivity contribution in [3.63, 3.8) is 0 Å². The molecule has 0 radical (unpaired) electrons. The number of nitrogens with two attached hydrogens (primary N) is 1. The standard InChI is InChI=1S/C31H32ClF3N10O4.CH2O2/c1-41-24(22-16-45(40-27(22)31(33,34)35)25-5-2-18(36)13-37-25)14-38-28(41)29(48)39-19-3-4-21(23(32)12-19)30(49)44-10-8-43(9-11-44)26(47)17-42-7-6-20(46)15-42;2-1-3/h2-5,12-14,16,20,46H,6-11,15,17,36H2,1H3,(H,39,48);1H,(H,2,3). The molecule has 5 N–H and O–H groups in total. The molecule has 0 saturated carbocycles. The van der Waals surface area contributed by atoms with Gasteiger partial charge in [-0.2, -0.15) is 18.3 Å². The Morgan fingerprint density at radius 1 is 1.06 bits per heavy atom. The molecule has 0 aliphatic carbocycles. The number of nitrogens with zero attached hydrogens (tertiary/aromatic N) is 8. The van der Waals surface area contributed by atoms with Gasteiger partial charge < -0.3 is 35.6 Å². The molecule has 2 fully saturated rings. The number of carbonyl (C=O) groups is 4. The number of rotatable bonds is 7. The molecule has 2 aliphatic rings. The summed E-state index contributed by atoms with van der Waals surface area (Å²) >= 11 is 6.46. The number of likely N-dealkylation sites (tertiary alicyclic amines) is 1. The molecule has 1 aromatic carbocycles. The first kappa shape index (κ1) is 37.7. The van der Waals surface area contributed by atoms with Crippen LogP contribution < -0.4 is 11.1 Å². The van der Waals surface area contributed by atoms with Crippen molar-refractivity contribution >= 4 is 47.2 Å². The van der Waals surface area contributed by atoms with Crippen LogP contribution in [0.4, 0.5) is 24.5 Å². The molecule has 2 aliphatic heterocycles. The summed E-state index contributed by atoms with van der Waals surface area (Å²) in [5.74, 6) is -1.19. The maximum absolute atomic E-state index is 14.0. The number of amides is 3. The van der Waals surface area contributed by atoms with Crippen LogP contribution in [0.2, 0.25) is 5.02 Å². The molecule has 0 bridgehead atoms. The van der Waals surface area contributed by atoms with E-state index in [2.05, 4.69) is 20.4 Å². The third-order valence-corrected chi connectivity index (χ3v) is 8.75. The minimum atomic E-state index is -4.82. The second-order valence-corrected chi connectivity index (χ2v) is 12.3. The molecule has 2 saturated heterocycles. The summed E-state index contributed by atoms with van der Waals surface area (Å²) in [5, 5.41) is 23.0. The number of anilines is 2. The molecule has 0 spiro atoms. The number of nitrogens with one attached hydrogen (secondary N) is 1. The Labute approximate surface area is 299 Å². The van der Waals surface area contributed by atoms with Crippen molar-refractivity contribution in [1.82, 2.24) is 39.0 Å². The number of alkyl halides is 3. The minimum Gasteiger partial charge on any atom is -0.483 e. The number of aliphatic hydroxyl groups is 1. The molecule has 3 amide bonds. The molecule has 6 rings (SSSR count).